The number of carbonyl (C=O) groups excluding carboxylic acids is 2. The highest BCUT2D eigenvalue weighted by molar-refractivity contribution is 8.18. The number of ether oxygens (including phenoxy) is 1. The van der Waals surface area contributed by atoms with E-state index in [0.29, 0.717) is 5.75 Å². The number of imide groups is 1. The average molecular weight is 378 g/mol. The van der Waals surface area contributed by atoms with Gasteiger partial charge in [-0.2, -0.15) is 0 Å². The molecule has 2 aromatic carbocycles. The molecule has 128 valence electrons. The second-order valence-electron chi connectivity index (χ2n) is 5.24. The van der Waals surface area contributed by atoms with Gasteiger partial charge in [-0.05, 0) is 47.7 Å². The number of rotatable bonds is 4. The second kappa shape index (κ2) is 7.29. The van der Waals surface area contributed by atoms with Gasteiger partial charge >= 0.3 is 0 Å². The summed E-state index contributed by atoms with van der Waals surface area (Å²) in [5, 5.41) is -0.276. The lowest BCUT2D eigenvalue weighted by molar-refractivity contribution is -0.123. The SMILES string of the molecule is COc1ccc(/C=C2/SC(=O)N(Cc3c(F)cccc3Cl)C2=O)cc1. The van der Waals surface area contributed by atoms with E-state index < -0.39 is 17.0 Å². The zero-order valence-electron chi connectivity index (χ0n) is 13.2. The highest BCUT2D eigenvalue weighted by Gasteiger charge is 2.35. The molecule has 1 heterocycles. The lowest BCUT2D eigenvalue weighted by atomic mass is 10.2. The number of carbonyl (C=O) groups is 2. The van der Waals surface area contributed by atoms with Crippen LogP contribution in [0, 0.1) is 5.82 Å². The molecule has 1 saturated heterocycles. The van der Waals surface area contributed by atoms with Crippen molar-refractivity contribution in [3.05, 3.63) is 69.3 Å². The third kappa shape index (κ3) is 3.70. The van der Waals surface area contributed by atoms with E-state index >= 15 is 0 Å². The fourth-order valence-electron chi connectivity index (χ4n) is 2.33. The van der Waals surface area contributed by atoms with Crippen LogP contribution < -0.4 is 4.74 Å². The molecule has 7 heteroatoms. The molecule has 1 aliphatic heterocycles. The molecule has 25 heavy (non-hydrogen) atoms. The Morgan fingerprint density at radius 1 is 1.20 bits per heavy atom. The first-order valence-corrected chi connectivity index (χ1v) is 8.51. The van der Waals surface area contributed by atoms with E-state index in [4.69, 9.17) is 16.3 Å². The lowest BCUT2D eigenvalue weighted by Crippen LogP contribution is -2.28. The van der Waals surface area contributed by atoms with E-state index in [1.54, 1.807) is 37.5 Å². The molecule has 0 bridgehead atoms. The van der Waals surface area contributed by atoms with Crippen LogP contribution in [-0.4, -0.2) is 23.2 Å². The fraction of sp³-hybridized carbons (Fsp3) is 0.111. The van der Waals surface area contributed by atoms with Gasteiger partial charge in [0, 0.05) is 10.6 Å². The van der Waals surface area contributed by atoms with Crippen LogP contribution in [0.15, 0.2) is 47.4 Å². The minimum Gasteiger partial charge on any atom is -0.497 e. The molecule has 4 nitrogen and oxygen atoms in total. The predicted molar refractivity (Wildman–Crippen MR) is 95.9 cm³/mol. The molecule has 0 unspecified atom stereocenters. The summed E-state index contributed by atoms with van der Waals surface area (Å²) in [6.45, 7) is -0.198. The van der Waals surface area contributed by atoms with Gasteiger partial charge in [-0.1, -0.05) is 29.8 Å². The molecule has 0 spiro atoms. The molecule has 0 saturated carbocycles. The topological polar surface area (TPSA) is 46.6 Å². The van der Waals surface area contributed by atoms with Crippen molar-refractivity contribution in [2.75, 3.05) is 7.11 Å². The molecule has 3 rings (SSSR count). The monoisotopic (exact) mass is 377 g/mol. The van der Waals surface area contributed by atoms with Gasteiger partial charge in [0.1, 0.15) is 11.6 Å². The summed E-state index contributed by atoms with van der Waals surface area (Å²) in [6, 6.07) is 11.3. The number of benzene rings is 2. The summed E-state index contributed by atoms with van der Waals surface area (Å²) in [6.07, 6.45) is 1.62. The minimum atomic E-state index is -0.550. The Hall–Kier alpha value is -2.31. The highest BCUT2D eigenvalue weighted by atomic mass is 35.5. The molecule has 2 amide bonds. The molecule has 1 aliphatic rings. The fourth-order valence-corrected chi connectivity index (χ4v) is 3.39. The van der Waals surface area contributed by atoms with Crippen molar-refractivity contribution in [1.82, 2.24) is 4.90 Å². The standard InChI is InChI=1S/C18H13ClFNO3S/c1-24-12-7-5-11(6-8-12)9-16-17(22)21(18(23)25-16)10-13-14(19)3-2-4-15(13)20/h2-9H,10H2,1H3/b16-9+. The van der Waals surface area contributed by atoms with Crippen LogP contribution in [0.25, 0.3) is 6.08 Å². The van der Waals surface area contributed by atoms with E-state index in [1.807, 2.05) is 0 Å². The van der Waals surface area contributed by atoms with Crippen LogP contribution in [0.2, 0.25) is 5.02 Å². The summed E-state index contributed by atoms with van der Waals surface area (Å²) >= 11 is 6.79. The summed E-state index contributed by atoms with van der Waals surface area (Å²) in [5.74, 6) is -0.324. The maximum absolute atomic E-state index is 13.9. The van der Waals surface area contributed by atoms with Gasteiger partial charge in [0.05, 0.1) is 18.6 Å². The van der Waals surface area contributed by atoms with Crippen molar-refractivity contribution in [2.24, 2.45) is 0 Å². The normalized spacial score (nSPS) is 16.0. The number of nitrogens with zero attached hydrogens (tertiary/aromatic N) is 1. The Balaban J connectivity index is 1.83. The first kappa shape index (κ1) is 17.5. The molecule has 0 aromatic heterocycles. The number of methoxy groups -OCH3 is 1. The zero-order valence-corrected chi connectivity index (χ0v) is 14.7. The Morgan fingerprint density at radius 3 is 2.56 bits per heavy atom. The van der Waals surface area contributed by atoms with Gasteiger partial charge in [-0.15, -0.1) is 0 Å². The average Bonchev–Trinajstić information content (AvgIpc) is 2.86. The van der Waals surface area contributed by atoms with E-state index in [-0.39, 0.29) is 22.0 Å². The summed E-state index contributed by atoms with van der Waals surface area (Å²) in [4.78, 5) is 25.9. The van der Waals surface area contributed by atoms with Gasteiger partial charge in [0.15, 0.2) is 0 Å². The highest BCUT2D eigenvalue weighted by Crippen LogP contribution is 2.34. The van der Waals surface area contributed by atoms with E-state index in [1.165, 1.54) is 18.2 Å². The molecular weight excluding hydrogens is 365 g/mol. The van der Waals surface area contributed by atoms with Crippen LogP contribution in [0.5, 0.6) is 5.75 Å². The van der Waals surface area contributed by atoms with Gasteiger partial charge in [-0.25, -0.2) is 4.39 Å². The van der Waals surface area contributed by atoms with Gasteiger partial charge in [-0.3, -0.25) is 14.5 Å². The molecule has 1 fully saturated rings. The molecule has 2 aromatic rings. The molecular formula is C18H13ClFNO3S. The van der Waals surface area contributed by atoms with Crippen molar-refractivity contribution in [1.29, 1.82) is 0 Å². The number of halogens is 2. The van der Waals surface area contributed by atoms with Gasteiger partial charge in [0.25, 0.3) is 11.1 Å². The van der Waals surface area contributed by atoms with E-state index in [2.05, 4.69) is 0 Å². The molecule has 0 aliphatic carbocycles. The summed E-state index contributed by atoms with van der Waals surface area (Å²) in [7, 11) is 1.56. The summed E-state index contributed by atoms with van der Waals surface area (Å²) in [5.41, 5.74) is 0.882. The Bertz CT molecular complexity index is 847. The van der Waals surface area contributed by atoms with Crippen LogP contribution in [0.4, 0.5) is 9.18 Å². The van der Waals surface area contributed by atoms with Crippen LogP contribution in [0.1, 0.15) is 11.1 Å². The smallest absolute Gasteiger partial charge is 0.293 e. The maximum atomic E-state index is 13.9. The second-order valence-corrected chi connectivity index (χ2v) is 6.64. The van der Waals surface area contributed by atoms with Gasteiger partial charge in [0.2, 0.25) is 0 Å². The number of amides is 2. The Morgan fingerprint density at radius 2 is 1.92 bits per heavy atom. The molecule has 0 radical (unpaired) electrons. The molecule has 0 atom stereocenters. The lowest BCUT2D eigenvalue weighted by Gasteiger charge is -2.14. The Labute approximate surface area is 153 Å². The quantitative estimate of drug-likeness (QED) is 0.723. The van der Waals surface area contributed by atoms with E-state index in [9.17, 15) is 14.0 Å². The van der Waals surface area contributed by atoms with Crippen LogP contribution in [0.3, 0.4) is 0 Å². The third-order valence-electron chi connectivity index (χ3n) is 3.67. The maximum Gasteiger partial charge on any atom is 0.293 e. The number of thioether (sulfide) groups is 1. The van der Waals surface area contributed by atoms with Crippen molar-refractivity contribution < 1.29 is 18.7 Å². The first-order chi connectivity index (χ1) is 12.0. The van der Waals surface area contributed by atoms with Gasteiger partial charge < -0.3 is 4.74 Å². The Kier molecular flexibility index (Phi) is 5.11. The van der Waals surface area contributed by atoms with Crippen molar-refractivity contribution in [3.63, 3.8) is 0 Å². The minimum absolute atomic E-state index is 0.122. The first-order valence-electron chi connectivity index (χ1n) is 7.32. The number of hydrogen-bond donors (Lipinski definition) is 0. The third-order valence-corrected chi connectivity index (χ3v) is 4.93. The molecule has 0 N–H and O–H groups in total. The van der Waals surface area contributed by atoms with Crippen molar-refractivity contribution in [2.45, 2.75) is 6.54 Å². The zero-order chi connectivity index (χ0) is 18.0. The van der Waals surface area contributed by atoms with Crippen LogP contribution in [-0.2, 0) is 11.3 Å². The van der Waals surface area contributed by atoms with Crippen molar-refractivity contribution >= 4 is 40.6 Å². The van der Waals surface area contributed by atoms with Crippen LogP contribution >= 0.6 is 23.4 Å². The number of hydrogen-bond acceptors (Lipinski definition) is 4. The van der Waals surface area contributed by atoms with E-state index in [0.717, 1.165) is 22.2 Å². The largest absolute Gasteiger partial charge is 0.497 e. The predicted octanol–water partition coefficient (Wildman–Crippen LogP) is 4.72. The van der Waals surface area contributed by atoms with Crippen molar-refractivity contribution in [3.8, 4) is 5.75 Å². The summed E-state index contributed by atoms with van der Waals surface area (Å²) < 4.78 is 19.0.